The maximum Gasteiger partial charge on any atom is 0.416 e. The van der Waals surface area contributed by atoms with Gasteiger partial charge >= 0.3 is 6.18 Å². The Hall–Kier alpha value is -3.05. The third-order valence-electron chi connectivity index (χ3n) is 7.28. The smallest absolute Gasteiger partial charge is 0.416 e. The van der Waals surface area contributed by atoms with Gasteiger partial charge in [-0.3, -0.25) is 4.90 Å². The van der Waals surface area contributed by atoms with Gasteiger partial charge in [0.05, 0.1) is 17.4 Å². The molecule has 4 rings (SSSR count). The minimum Gasteiger partial charge on any atom is -0.512 e. The summed E-state index contributed by atoms with van der Waals surface area (Å²) in [6.45, 7) is 9.97. The zero-order chi connectivity index (χ0) is 26.6. The largest absolute Gasteiger partial charge is 0.512 e. The predicted octanol–water partition coefficient (Wildman–Crippen LogP) is 9.15. The van der Waals surface area contributed by atoms with Gasteiger partial charge in [0.2, 0.25) is 0 Å². The zero-order valence-corrected chi connectivity index (χ0v) is 21.6. The summed E-state index contributed by atoms with van der Waals surface area (Å²) < 4.78 is 40.0. The molecule has 0 spiro atoms. The Morgan fingerprint density at radius 2 is 1.54 bits per heavy atom. The van der Waals surface area contributed by atoms with E-state index < -0.39 is 11.7 Å². The van der Waals surface area contributed by atoms with Crippen LogP contribution in [0.2, 0.25) is 0 Å². The van der Waals surface area contributed by atoms with Crippen LogP contribution in [0.25, 0.3) is 11.1 Å². The van der Waals surface area contributed by atoms with Gasteiger partial charge in [-0.15, -0.1) is 0 Å². The lowest BCUT2D eigenvalue weighted by atomic mass is 9.83. The number of piperidine rings is 1. The number of nitrogens with zero attached hydrogens (tertiary/aromatic N) is 1. The molecule has 1 aliphatic heterocycles. The van der Waals surface area contributed by atoms with Crippen molar-refractivity contribution in [3.05, 3.63) is 107 Å². The quantitative estimate of drug-likeness (QED) is 0.307. The SMILES string of the molecule is C=C(O)C(CC(C)C)c1ccc(C(c2ccccc2)N2CCCCC2)c(-c2ccc(C(F)(F)F)cc2)c1. The summed E-state index contributed by atoms with van der Waals surface area (Å²) >= 11 is 0. The molecule has 2 unspecified atom stereocenters. The van der Waals surface area contributed by atoms with Gasteiger partial charge in [-0.1, -0.05) is 87.5 Å². The number of hydrogen-bond donors (Lipinski definition) is 1. The lowest BCUT2D eigenvalue weighted by molar-refractivity contribution is -0.137. The third kappa shape index (κ3) is 6.45. The van der Waals surface area contributed by atoms with E-state index in [0.717, 1.165) is 72.3 Å². The summed E-state index contributed by atoms with van der Waals surface area (Å²) in [6.07, 6.45) is -0.205. The molecule has 0 amide bonds. The van der Waals surface area contributed by atoms with Crippen molar-refractivity contribution in [2.75, 3.05) is 13.1 Å². The van der Waals surface area contributed by atoms with E-state index >= 15 is 0 Å². The molecular formula is C32H36F3NO. The average Bonchev–Trinajstić information content (AvgIpc) is 2.88. The third-order valence-corrected chi connectivity index (χ3v) is 7.28. The monoisotopic (exact) mass is 507 g/mol. The molecule has 0 radical (unpaired) electrons. The Balaban J connectivity index is 1.89. The Kier molecular flexibility index (Phi) is 8.43. The van der Waals surface area contributed by atoms with Crippen molar-refractivity contribution in [1.29, 1.82) is 0 Å². The van der Waals surface area contributed by atoms with Gasteiger partial charge in [0.25, 0.3) is 0 Å². The van der Waals surface area contributed by atoms with Crippen LogP contribution in [-0.2, 0) is 6.18 Å². The molecule has 196 valence electrons. The van der Waals surface area contributed by atoms with Crippen LogP contribution in [0.15, 0.2) is 85.1 Å². The van der Waals surface area contributed by atoms with Gasteiger partial charge in [-0.25, -0.2) is 0 Å². The molecule has 1 N–H and O–H groups in total. The van der Waals surface area contributed by atoms with Crippen LogP contribution >= 0.6 is 0 Å². The van der Waals surface area contributed by atoms with Crippen molar-refractivity contribution < 1.29 is 18.3 Å². The predicted molar refractivity (Wildman–Crippen MR) is 145 cm³/mol. The van der Waals surface area contributed by atoms with Gasteiger partial charge in [0, 0.05) is 5.92 Å². The van der Waals surface area contributed by atoms with E-state index in [-0.39, 0.29) is 17.7 Å². The molecule has 1 aliphatic rings. The van der Waals surface area contributed by atoms with Crippen molar-refractivity contribution in [3.8, 4) is 11.1 Å². The molecule has 2 atom stereocenters. The summed E-state index contributed by atoms with van der Waals surface area (Å²) in [5.74, 6) is 0.205. The van der Waals surface area contributed by atoms with Crippen molar-refractivity contribution in [2.24, 2.45) is 5.92 Å². The Labute approximate surface area is 218 Å². The number of rotatable bonds is 8. The molecule has 2 nitrogen and oxygen atoms in total. The Bertz CT molecular complexity index is 1180. The van der Waals surface area contributed by atoms with E-state index in [4.69, 9.17) is 0 Å². The Morgan fingerprint density at radius 3 is 2.11 bits per heavy atom. The van der Waals surface area contributed by atoms with Crippen LogP contribution in [0.3, 0.4) is 0 Å². The molecule has 1 saturated heterocycles. The number of aliphatic hydroxyl groups is 1. The second kappa shape index (κ2) is 11.6. The van der Waals surface area contributed by atoms with Crippen LogP contribution in [0.1, 0.15) is 73.7 Å². The number of aliphatic hydroxyl groups excluding tert-OH is 1. The zero-order valence-electron chi connectivity index (χ0n) is 21.6. The first kappa shape index (κ1) is 27.0. The van der Waals surface area contributed by atoms with E-state index in [1.54, 1.807) is 12.1 Å². The molecular weight excluding hydrogens is 471 g/mol. The molecule has 0 saturated carbocycles. The van der Waals surface area contributed by atoms with Crippen molar-refractivity contribution in [2.45, 2.75) is 57.7 Å². The number of likely N-dealkylation sites (tertiary alicyclic amines) is 1. The van der Waals surface area contributed by atoms with Gasteiger partial charge in [-0.05, 0) is 78.2 Å². The summed E-state index contributed by atoms with van der Waals surface area (Å²) in [6, 6.07) is 21.9. The number of halogens is 3. The van der Waals surface area contributed by atoms with Crippen LogP contribution in [0, 0.1) is 5.92 Å². The molecule has 5 heteroatoms. The highest BCUT2D eigenvalue weighted by Crippen LogP contribution is 2.41. The summed E-state index contributed by atoms with van der Waals surface area (Å²) in [5, 5.41) is 10.4. The number of allylic oxidation sites excluding steroid dienone is 1. The van der Waals surface area contributed by atoms with Crippen molar-refractivity contribution >= 4 is 0 Å². The molecule has 0 aliphatic carbocycles. The maximum atomic E-state index is 13.3. The molecule has 1 fully saturated rings. The number of benzene rings is 3. The first-order valence-electron chi connectivity index (χ1n) is 13.1. The normalized spacial score (nSPS) is 16.5. The highest BCUT2D eigenvalue weighted by atomic mass is 19.4. The molecule has 3 aromatic carbocycles. The van der Waals surface area contributed by atoms with Crippen LogP contribution in [-0.4, -0.2) is 23.1 Å². The van der Waals surface area contributed by atoms with Crippen LogP contribution in [0.4, 0.5) is 13.2 Å². The van der Waals surface area contributed by atoms with Crippen LogP contribution < -0.4 is 0 Å². The first-order chi connectivity index (χ1) is 17.6. The minimum absolute atomic E-state index is 0.0197. The van der Waals surface area contributed by atoms with E-state index in [1.165, 1.54) is 6.42 Å². The van der Waals surface area contributed by atoms with E-state index in [1.807, 2.05) is 24.3 Å². The lowest BCUT2D eigenvalue weighted by Crippen LogP contribution is -2.34. The van der Waals surface area contributed by atoms with Crippen LogP contribution in [0.5, 0.6) is 0 Å². The second-order valence-electron chi connectivity index (χ2n) is 10.5. The molecule has 0 bridgehead atoms. The van der Waals surface area contributed by atoms with Crippen molar-refractivity contribution in [3.63, 3.8) is 0 Å². The van der Waals surface area contributed by atoms with Gasteiger partial charge < -0.3 is 5.11 Å². The van der Waals surface area contributed by atoms with Crippen molar-refractivity contribution in [1.82, 2.24) is 4.90 Å². The highest BCUT2D eigenvalue weighted by Gasteiger charge is 2.31. The van der Waals surface area contributed by atoms with E-state index in [0.29, 0.717) is 5.92 Å². The number of hydrogen-bond acceptors (Lipinski definition) is 2. The molecule has 37 heavy (non-hydrogen) atoms. The summed E-state index contributed by atoms with van der Waals surface area (Å²) in [5.41, 5.74) is 4.10. The fraction of sp³-hybridized carbons (Fsp3) is 0.375. The number of alkyl halides is 3. The Morgan fingerprint density at radius 1 is 0.892 bits per heavy atom. The minimum atomic E-state index is -4.39. The fourth-order valence-corrected chi connectivity index (χ4v) is 5.45. The molecule has 1 heterocycles. The summed E-state index contributed by atoms with van der Waals surface area (Å²) in [7, 11) is 0. The molecule has 0 aromatic heterocycles. The second-order valence-corrected chi connectivity index (χ2v) is 10.5. The van der Waals surface area contributed by atoms with Gasteiger partial charge in [0.1, 0.15) is 0 Å². The fourth-order valence-electron chi connectivity index (χ4n) is 5.45. The van der Waals surface area contributed by atoms with E-state index in [9.17, 15) is 18.3 Å². The van der Waals surface area contributed by atoms with E-state index in [2.05, 4.69) is 49.6 Å². The lowest BCUT2D eigenvalue weighted by Gasteiger charge is -2.36. The highest BCUT2D eigenvalue weighted by molar-refractivity contribution is 5.70. The average molecular weight is 508 g/mol. The summed E-state index contributed by atoms with van der Waals surface area (Å²) in [4.78, 5) is 2.48. The maximum absolute atomic E-state index is 13.3. The van der Waals surface area contributed by atoms with Gasteiger partial charge in [0.15, 0.2) is 0 Å². The first-order valence-corrected chi connectivity index (χ1v) is 13.1. The topological polar surface area (TPSA) is 23.5 Å². The molecule has 3 aromatic rings. The standard InChI is InChI=1S/C32H36F3NO/c1-22(2)20-29(23(3)37)26-14-17-28(30(21-26)24-12-15-27(16-13-24)32(33,34)35)31(25-10-6-4-7-11-25)36-18-8-5-9-19-36/h4,6-7,10-17,21-22,29,31,37H,3,5,8-9,18-20H2,1-2H3. The van der Waals surface area contributed by atoms with Gasteiger partial charge in [-0.2, -0.15) is 13.2 Å².